The maximum absolute atomic E-state index is 12.2. The summed E-state index contributed by atoms with van der Waals surface area (Å²) in [4.78, 5) is 29.5. The predicted molar refractivity (Wildman–Crippen MR) is 71.9 cm³/mol. The van der Waals surface area contributed by atoms with Crippen molar-refractivity contribution in [1.82, 2.24) is 25.1 Å². The van der Waals surface area contributed by atoms with Crippen LogP contribution in [0.2, 0.25) is 0 Å². The molecule has 0 radical (unpaired) electrons. The average Bonchev–Trinajstić information content (AvgIpc) is 3.07. The Labute approximate surface area is 120 Å². The first kappa shape index (κ1) is 13.3. The van der Waals surface area contributed by atoms with Crippen LogP contribution in [0.3, 0.4) is 0 Å². The summed E-state index contributed by atoms with van der Waals surface area (Å²) in [5.74, 6) is -1.70. The van der Waals surface area contributed by atoms with E-state index in [9.17, 15) is 9.59 Å². The molecule has 0 fully saturated rings. The third-order valence-electron chi connectivity index (χ3n) is 3.75. The van der Waals surface area contributed by atoms with Gasteiger partial charge in [0.1, 0.15) is 0 Å². The molecular formula is C13H15N5O3. The van der Waals surface area contributed by atoms with E-state index in [1.54, 1.807) is 6.20 Å². The fraction of sp³-hybridized carbons (Fsp3) is 0.385. The van der Waals surface area contributed by atoms with Crippen molar-refractivity contribution in [3.63, 3.8) is 0 Å². The van der Waals surface area contributed by atoms with Gasteiger partial charge in [0.25, 0.3) is 5.91 Å². The molecule has 0 aromatic carbocycles. The van der Waals surface area contributed by atoms with Crippen LogP contribution in [-0.2, 0) is 13.5 Å². The number of H-pyrrole nitrogens is 1. The molecule has 1 atom stereocenters. The highest BCUT2D eigenvalue weighted by Gasteiger charge is 2.27. The average molecular weight is 289 g/mol. The number of carboxylic acids is 1. The van der Waals surface area contributed by atoms with Crippen molar-refractivity contribution in [2.24, 2.45) is 7.05 Å². The lowest BCUT2D eigenvalue weighted by Gasteiger charge is -2.23. The number of nitrogens with one attached hydrogen (secondary N) is 2. The van der Waals surface area contributed by atoms with Crippen molar-refractivity contribution < 1.29 is 14.7 Å². The molecule has 0 aliphatic heterocycles. The van der Waals surface area contributed by atoms with Gasteiger partial charge in [-0.05, 0) is 19.3 Å². The van der Waals surface area contributed by atoms with Gasteiger partial charge >= 0.3 is 5.97 Å². The number of hydrogen-bond acceptors (Lipinski definition) is 4. The maximum atomic E-state index is 12.2. The van der Waals surface area contributed by atoms with Gasteiger partial charge in [0.15, 0.2) is 11.4 Å². The van der Waals surface area contributed by atoms with Crippen LogP contribution in [0, 0.1) is 0 Å². The van der Waals surface area contributed by atoms with Crippen LogP contribution in [0.4, 0.5) is 0 Å². The lowest BCUT2D eigenvalue weighted by atomic mass is 9.93. The molecule has 110 valence electrons. The van der Waals surface area contributed by atoms with Crippen molar-refractivity contribution in [2.75, 3.05) is 0 Å². The number of fused-ring (bicyclic) bond motifs is 1. The molecule has 0 saturated heterocycles. The summed E-state index contributed by atoms with van der Waals surface area (Å²) >= 11 is 0. The molecule has 0 saturated carbocycles. The Morgan fingerprint density at radius 1 is 1.52 bits per heavy atom. The van der Waals surface area contributed by atoms with Gasteiger partial charge in [0.2, 0.25) is 0 Å². The number of nitrogens with zero attached hydrogens (tertiary/aromatic N) is 3. The number of carbonyl (C=O) groups excluding carboxylic acids is 1. The van der Waals surface area contributed by atoms with E-state index in [0.29, 0.717) is 0 Å². The molecular weight excluding hydrogens is 274 g/mol. The second kappa shape index (κ2) is 5.04. The molecule has 1 aliphatic carbocycles. The van der Waals surface area contributed by atoms with Gasteiger partial charge < -0.3 is 15.4 Å². The third kappa shape index (κ3) is 2.28. The first-order valence-corrected chi connectivity index (χ1v) is 6.66. The normalized spacial score (nSPS) is 17.3. The molecule has 3 rings (SSSR count). The molecule has 1 amide bonds. The van der Waals surface area contributed by atoms with E-state index in [1.165, 1.54) is 6.33 Å². The molecule has 8 nitrogen and oxygen atoms in total. The van der Waals surface area contributed by atoms with Gasteiger partial charge in [-0.2, -0.15) is 5.10 Å². The first-order chi connectivity index (χ1) is 10.1. The molecule has 1 aliphatic rings. The topological polar surface area (TPSA) is 113 Å². The number of carboxylic acid groups (broad SMARTS) is 1. The molecule has 8 heteroatoms. The third-order valence-corrected chi connectivity index (χ3v) is 3.75. The number of carbonyl (C=O) groups is 2. The molecule has 2 heterocycles. The van der Waals surface area contributed by atoms with Crippen LogP contribution in [0.1, 0.15) is 51.1 Å². The van der Waals surface area contributed by atoms with E-state index in [4.69, 9.17) is 5.11 Å². The highest BCUT2D eigenvalue weighted by Crippen LogP contribution is 2.29. The van der Waals surface area contributed by atoms with Crippen molar-refractivity contribution in [3.05, 3.63) is 35.2 Å². The fourth-order valence-corrected chi connectivity index (χ4v) is 2.71. The second-order valence-electron chi connectivity index (χ2n) is 5.02. The zero-order valence-corrected chi connectivity index (χ0v) is 11.5. The first-order valence-electron chi connectivity index (χ1n) is 6.66. The SMILES string of the molecule is Cn1ncc2c1CCCC2NC(=O)c1nc[nH]c1C(=O)O. The highest BCUT2D eigenvalue weighted by molar-refractivity contribution is 6.02. The molecule has 2 aromatic heterocycles. The summed E-state index contributed by atoms with van der Waals surface area (Å²) in [5.41, 5.74) is 1.80. The quantitative estimate of drug-likeness (QED) is 0.767. The van der Waals surface area contributed by atoms with Gasteiger partial charge in [0.05, 0.1) is 18.6 Å². The summed E-state index contributed by atoms with van der Waals surface area (Å²) in [7, 11) is 1.87. The van der Waals surface area contributed by atoms with Gasteiger partial charge in [-0.25, -0.2) is 9.78 Å². The molecule has 21 heavy (non-hydrogen) atoms. The number of hydrogen-bond donors (Lipinski definition) is 3. The molecule has 0 spiro atoms. The maximum Gasteiger partial charge on any atom is 0.354 e. The number of aromatic carboxylic acids is 1. The largest absolute Gasteiger partial charge is 0.477 e. The monoisotopic (exact) mass is 289 g/mol. The summed E-state index contributed by atoms with van der Waals surface area (Å²) in [6.07, 6.45) is 5.64. The van der Waals surface area contributed by atoms with Crippen molar-refractivity contribution in [3.8, 4) is 0 Å². The zero-order valence-electron chi connectivity index (χ0n) is 11.5. The Morgan fingerprint density at radius 3 is 3.10 bits per heavy atom. The van der Waals surface area contributed by atoms with E-state index in [1.807, 2.05) is 11.7 Å². The summed E-state index contributed by atoms with van der Waals surface area (Å²) < 4.78 is 1.81. The van der Waals surface area contributed by atoms with E-state index in [-0.39, 0.29) is 17.4 Å². The Hall–Kier alpha value is -2.64. The Balaban J connectivity index is 1.83. The standard InChI is InChI=1S/C13H15N5O3/c1-18-9-4-2-3-8(7(9)5-16-18)17-12(19)10-11(13(20)21)15-6-14-10/h5-6,8H,2-4H2,1H3,(H,14,15)(H,17,19)(H,20,21). The molecule has 2 aromatic rings. The van der Waals surface area contributed by atoms with Gasteiger partial charge in [0, 0.05) is 18.3 Å². The lowest BCUT2D eigenvalue weighted by Crippen LogP contribution is -2.32. The van der Waals surface area contributed by atoms with Gasteiger partial charge in [-0.3, -0.25) is 9.48 Å². The van der Waals surface area contributed by atoms with E-state index in [0.717, 1.165) is 30.5 Å². The minimum Gasteiger partial charge on any atom is -0.477 e. The number of imidazole rings is 1. The van der Waals surface area contributed by atoms with Crippen LogP contribution >= 0.6 is 0 Å². The Kier molecular flexibility index (Phi) is 3.20. The summed E-state index contributed by atoms with van der Waals surface area (Å²) in [6.45, 7) is 0. The van der Waals surface area contributed by atoms with E-state index >= 15 is 0 Å². The minimum atomic E-state index is -1.21. The fourth-order valence-electron chi connectivity index (χ4n) is 2.71. The number of amides is 1. The Morgan fingerprint density at radius 2 is 2.33 bits per heavy atom. The molecule has 3 N–H and O–H groups in total. The number of aryl methyl sites for hydroxylation is 1. The van der Waals surface area contributed by atoms with Crippen LogP contribution in [0.15, 0.2) is 12.5 Å². The van der Waals surface area contributed by atoms with Gasteiger partial charge in [-0.15, -0.1) is 0 Å². The van der Waals surface area contributed by atoms with Crippen LogP contribution < -0.4 is 5.32 Å². The van der Waals surface area contributed by atoms with E-state index < -0.39 is 11.9 Å². The van der Waals surface area contributed by atoms with Gasteiger partial charge in [-0.1, -0.05) is 0 Å². The Bertz CT molecular complexity index is 702. The second-order valence-corrected chi connectivity index (χ2v) is 5.02. The van der Waals surface area contributed by atoms with Crippen molar-refractivity contribution in [1.29, 1.82) is 0 Å². The highest BCUT2D eigenvalue weighted by atomic mass is 16.4. The summed E-state index contributed by atoms with van der Waals surface area (Å²) in [6, 6.07) is -0.159. The number of aromatic nitrogens is 4. The zero-order chi connectivity index (χ0) is 15.0. The van der Waals surface area contributed by atoms with Crippen molar-refractivity contribution >= 4 is 11.9 Å². The summed E-state index contributed by atoms with van der Waals surface area (Å²) in [5, 5.41) is 16.1. The molecule has 0 bridgehead atoms. The van der Waals surface area contributed by atoms with Crippen molar-refractivity contribution in [2.45, 2.75) is 25.3 Å². The molecule has 1 unspecified atom stereocenters. The van der Waals surface area contributed by atoms with Crippen LogP contribution in [0.25, 0.3) is 0 Å². The minimum absolute atomic E-state index is 0.0986. The lowest BCUT2D eigenvalue weighted by molar-refractivity contribution is 0.0684. The number of rotatable bonds is 3. The van der Waals surface area contributed by atoms with Crippen LogP contribution in [0.5, 0.6) is 0 Å². The van der Waals surface area contributed by atoms with Crippen LogP contribution in [-0.4, -0.2) is 36.7 Å². The number of aromatic amines is 1. The predicted octanol–water partition coefficient (Wildman–Crippen LogP) is 0.649. The van der Waals surface area contributed by atoms with E-state index in [2.05, 4.69) is 20.4 Å². The smallest absolute Gasteiger partial charge is 0.354 e.